The molecule has 0 bridgehead atoms. The Labute approximate surface area is 87.1 Å². The second kappa shape index (κ2) is 4.63. The van der Waals surface area contributed by atoms with Crippen molar-refractivity contribution in [3.05, 3.63) is 28.2 Å². The quantitative estimate of drug-likeness (QED) is 0.856. The van der Waals surface area contributed by atoms with Gasteiger partial charge in [-0.15, -0.1) is 0 Å². The maximum Gasteiger partial charge on any atom is 0.116 e. The maximum absolute atomic E-state index is 9.20. The van der Waals surface area contributed by atoms with Crippen molar-refractivity contribution in [3.8, 4) is 5.75 Å². The summed E-state index contributed by atoms with van der Waals surface area (Å²) in [7, 11) is 0. The summed E-state index contributed by atoms with van der Waals surface area (Å²) in [6.45, 7) is 5.11. The van der Waals surface area contributed by atoms with Crippen molar-refractivity contribution in [1.82, 2.24) is 5.32 Å². The summed E-state index contributed by atoms with van der Waals surface area (Å²) in [5, 5.41) is 12.5. The molecule has 0 aliphatic carbocycles. The molecule has 1 atom stereocenters. The van der Waals surface area contributed by atoms with E-state index in [1.165, 1.54) is 5.56 Å². The molecule has 0 saturated heterocycles. The topological polar surface area (TPSA) is 32.3 Å². The summed E-state index contributed by atoms with van der Waals surface area (Å²) >= 11 is 3.42. The number of phenolic OH excluding ortho intramolecular Hbond substituents is 1. The Kier molecular flexibility index (Phi) is 3.75. The molecule has 0 amide bonds. The van der Waals surface area contributed by atoms with Crippen molar-refractivity contribution in [2.24, 2.45) is 0 Å². The van der Waals surface area contributed by atoms with Crippen LogP contribution in [0.5, 0.6) is 5.75 Å². The van der Waals surface area contributed by atoms with Gasteiger partial charge >= 0.3 is 0 Å². The summed E-state index contributed by atoms with van der Waals surface area (Å²) in [4.78, 5) is 0. The average molecular weight is 244 g/mol. The van der Waals surface area contributed by atoms with Crippen molar-refractivity contribution < 1.29 is 5.11 Å². The summed E-state index contributed by atoms with van der Waals surface area (Å²) in [5.41, 5.74) is 1.17. The fraction of sp³-hybridized carbons (Fsp3) is 0.400. The summed E-state index contributed by atoms with van der Waals surface area (Å²) in [6.07, 6.45) is 0. The Hall–Kier alpha value is -0.540. The Morgan fingerprint density at radius 2 is 2.23 bits per heavy atom. The monoisotopic (exact) mass is 243 g/mol. The normalized spacial score (nSPS) is 12.8. The smallest absolute Gasteiger partial charge is 0.116 e. The fourth-order valence-corrected chi connectivity index (χ4v) is 1.99. The largest absolute Gasteiger partial charge is 0.508 e. The predicted molar refractivity (Wildman–Crippen MR) is 57.9 cm³/mol. The van der Waals surface area contributed by atoms with Gasteiger partial charge in [-0.1, -0.05) is 28.9 Å². The first-order valence-corrected chi connectivity index (χ1v) is 5.16. The lowest BCUT2D eigenvalue weighted by Gasteiger charge is -2.14. The molecular weight excluding hydrogens is 230 g/mol. The van der Waals surface area contributed by atoms with Gasteiger partial charge in [0.05, 0.1) is 0 Å². The van der Waals surface area contributed by atoms with E-state index in [1.807, 2.05) is 6.07 Å². The van der Waals surface area contributed by atoms with E-state index in [4.69, 9.17) is 0 Å². The van der Waals surface area contributed by atoms with E-state index in [0.717, 1.165) is 11.0 Å². The van der Waals surface area contributed by atoms with Crippen LogP contribution in [0.1, 0.15) is 25.5 Å². The SMILES string of the molecule is CCNC(C)c1ccc(O)cc1Br. The number of hydrogen-bond acceptors (Lipinski definition) is 2. The van der Waals surface area contributed by atoms with Crippen LogP contribution in [-0.2, 0) is 0 Å². The van der Waals surface area contributed by atoms with Crippen LogP contribution in [0.15, 0.2) is 22.7 Å². The van der Waals surface area contributed by atoms with Crippen LogP contribution in [0.3, 0.4) is 0 Å². The second-order valence-electron chi connectivity index (χ2n) is 2.99. The van der Waals surface area contributed by atoms with Crippen molar-refractivity contribution in [2.75, 3.05) is 6.54 Å². The summed E-state index contributed by atoms with van der Waals surface area (Å²) in [5.74, 6) is 0.291. The lowest BCUT2D eigenvalue weighted by Crippen LogP contribution is -2.17. The second-order valence-corrected chi connectivity index (χ2v) is 3.84. The van der Waals surface area contributed by atoms with Crippen LogP contribution in [0.2, 0.25) is 0 Å². The molecule has 3 heteroatoms. The van der Waals surface area contributed by atoms with Crippen LogP contribution < -0.4 is 5.32 Å². The molecule has 0 saturated carbocycles. The van der Waals surface area contributed by atoms with Crippen molar-refractivity contribution in [3.63, 3.8) is 0 Å². The average Bonchev–Trinajstić information content (AvgIpc) is 2.04. The summed E-state index contributed by atoms with van der Waals surface area (Å²) < 4.78 is 0.945. The molecule has 1 rings (SSSR count). The summed E-state index contributed by atoms with van der Waals surface area (Å²) in [6, 6.07) is 5.64. The third kappa shape index (κ3) is 2.71. The van der Waals surface area contributed by atoms with Gasteiger partial charge in [-0.2, -0.15) is 0 Å². The highest BCUT2D eigenvalue weighted by Crippen LogP contribution is 2.26. The highest BCUT2D eigenvalue weighted by molar-refractivity contribution is 9.10. The van der Waals surface area contributed by atoms with Crippen LogP contribution in [0, 0.1) is 0 Å². The molecule has 0 heterocycles. The minimum Gasteiger partial charge on any atom is -0.508 e. The van der Waals surface area contributed by atoms with E-state index in [2.05, 4.69) is 35.1 Å². The molecule has 0 aromatic heterocycles. The van der Waals surface area contributed by atoms with E-state index in [1.54, 1.807) is 12.1 Å². The van der Waals surface area contributed by atoms with Crippen LogP contribution in [0.25, 0.3) is 0 Å². The van der Waals surface area contributed by atoms with Gasteiger partial charge in [0.25, 0.3) is 0 Å². The van der Waals surface area contributed by atoms with Gasteiger partial charge in [-0.3, -0.25) is 0 Å². The van der Waals surface area contributed by atoms with Crippen molar-refractivity contribution in [1.29, 1.82) is 0 Å². The predicted octanol–water partition coefficient (Wildman–Crippen LogP) is 2.83. The number of rotatable bonds is 3. The molecule has 1 aromatic rings. The molecule has 1 unspecified atom stereocenters. The number of hydrogen-bond donors (Lipinski definition) is 2. The molecule has 1 aromatic carbocycles. The highest BCUT2D eigenvalue weighted by Gasteiger charge is 2.07. The molecule has 0 aliphatic heterocycles. The molecule has 0 aliphatic rings. The number of nitrogens with one attached hydrogen (secondary N) is 1. The molecule has 0 radical (unpaired) electrons. The first-order valence-electron chi connectivity index (χ1n) is 4.37. The molecule has 0 fully saturated rings. The first-order chi connectivity index (χ1) is 6.15. The van der Waals surface area contributed by atoms with Crippen molar-refractivity contribution in [2.45, 2.75) is 19.9 Å². The number of benzene rings is 1. The standard InChI is InChI=1S/C10H14BrNO/c1-3-12-7(2)9-5-4-8(13)6-10(9)11/h4-7,12-13H,3H2,1-2H3. The molecule has 0 spiro atoms. The van der Waals surface area contributed by atoms with Gasteiger partial charge in [0.1, 0.15) is 5.75 Å². The zero-order chi connectivity index (χ0) is 9.84. The van der Waals surface area contributed by atoms with Gasteiger partial charge in [0.2, 0.25) is 0 Å². The highest BCUT2D eigenvalue weighted by atomic mass is 79.9. The third-order valence-corrected chi connectivity index (χ3v) is 2.65. The van der Waals surface area contributed by atoms with E-state index in [0.29, 0.717) is 11.8 Å². The first kappa shape index (κ1) is 10.5. The van der Waals surface area contributed by atoms with E-state index >= 15 is 0 Å². The Balaban J connectivity index is 2.88. The zero-order valence-corrected chi connectivity index (χ0v) is 9.43. The molecular formula is C10H14BrNO. The van der Waals surface area contributed by atoms with Gasteiger partial charge in [0.15, 0.2) is 0 Å². The number of aromatic hydroxyl groups is 1. The third-order valence-electron chi connectivity index (χ3n) is 1.96. The molecule has 2 nitrogen and oxygen atoms in total. The Bertz CT molecular complexity index is 288. The van der Waals surface area contributed by atoms with E-state index in [-0.39, 0.29) is 0 Å². The van der Waals surface area contributed by atoms with Gasteiger partial charge in [-0.25, -0.2) is 0 Å². The number of halogens is 1. The van der Waals surface area contributed by atoms with Crippen LogP contribution in [-0.4, -0.2) is 11.7 Å². The Morgan fingerprint density at radius 3 is 2.77 bits per heavy atom. The maximum atomic E-state index is 9.20. The lowest BCUT2D eigenvalue weighted by molar-refractivity contribution is 0.474. The van der Waals surface area contributed by atoms with Gasteiger partial charge in [-0.05, 0) is 31.2 Å². The lowest BCUT2D eigenvalue weighted by atomic mass is 10.1. The van der Waals surface area contributed by atoms with E-state index < -0.39 is 0 Å². The molecule has 13 heavy (non-hydrogen) atoms. The minimum atomic E-state index is 0.291. The van der Waals surface area contributed by atoms with Crippen LogP contribution in [0.4, 0.5) is 0 Å². The molecule has 72 valence electrons. The minimum absolute atomic E-state index is 0.291. The number of phenols is 1. The van der Waals surface area contributed by atoms with Crippen LogP contribution >= 0.6 is 15.9 Å². The van der Waals surface area contributed by atoms with Gasteiger partial charge < -0.3 is 10.4 Å². The van der Waals surface area contributed by atoms with E-state index in [9.17, 15) is 5.11 Å². The fourth-order valence-electron chi connectivity index (χ4n) is 1.28. The zero-order valence-electron chi connectivity index (χ0n) is 7.84. The Morgan fingerprint density at radius 1 is 1.54 bits per heavy atom. The van der Waals surface area contributed by atoms with Gasteiger partial charge in [0, 0.05) is 10.5 Å². The van der Waals surface area contributed by atoms with Crippen molar-refractivity contribution >= 4 is 15.9 Å². The molecule has 2 N–H and O–H groups in total.